The Bertz CT molecular complexity index is 200. The molecule has 0 aromatic rings. The summed E-state index contributed by atoms with van der Waals surface area (Å²) in [5, 5.41) is 0. The molecule has 0 unspecified atom stereocenters. The molecule has 1 fully saturated rings. The lowest BCUT2D eigenvalue weighted by Gasteiger charge is -2.08. The van der Waals surface area contributed by atoms with Crippen molar-refractivity contribution in [1.82, 2.24) is 0 Å². The van der Waals surface area contributed by atoms with Crippen LogP contribution in [0.1, 0.15) is 64.2 Å². The number of hydrogen-bond donors (Lipinski definition) is 0. The van der Waals surface area contributed by atoms with Crippen molar-refractivity contribution in [3.05, 3.63) is 0 Å². The van der Waals surface area contributed by atoms with Gasteiger partial charge in [0.25, 0.3) is 0 Å². The van der Waals surface area contributed by atoms with E-state index in [0.29, 0.717) is 13.0 Å². The lowest BCUT2D eigenvalue weighted by molar-refractivity contribution is -0.144. The first-order valence-corrected chi connectivity index (χ1v) is 7.58. The second-order valence-electron chi connectivity index (χ2n) is 5.01. The van der Waals surface area contributed by atoms with E-state index in [9.17, 15) is 4.79 Å². The summed E-state index contributed by atoms with van der Waals surface area (Å²) >= 11 is 5.58. The summed E-state index contributed by atoms with van der Waals surface area (Å²) in [6.07, 6.45) is 11.3. The van der Waals surface area contributed by atoms with E-state index >= 15 is 0 Å². The zero-order chi connectivity index (χ0) is 12.3. The number of rotatable bonds is 9. The quantitative estimate of drug-likeness (QED) is 0.351. The van der Waals surface area contributed by atoms with Gasteiger partial charge in [0.1, 0.15) is 0 Å². The molecular weight excluding hydrogens is 236 g/mol. The number of hydrogen-bond acceptors (Lipinski definition) is 2. The number of carbonyl (C=O) groups excluding carboxylic acids is 1. The van der Waals surface area contributed by atoms with E-state index in [0.717, 1.165) is 43.9 Å². The van der Waals surface area contributed by atoms with Gasteiger partial charge in [-0.1, -0.05) is 38.5 Å². The van der Waals surface area contributed by atoms with Gasteiger partial charge in [-0.2, -0.15) is 0 Å². The molecule has 0 amide bonds. The molecule has 1 aliphatic rings. The Balaban J connectivity index is 1.87. The van der Waals surface area contributed by atoms with E-state index in [-0.39, 0.29) is 5.97 Å². The minimum absolute atomic E-state index is 0.00533. The lowest BCUT2D eigenvalue weighted by Crippen LogP contribution is -2.07. The van der Waals surface area contributed by atoms with Crippen LogP contribution in [0.15, 0.2) is 0 Å². The van der Waals surface area contributed by atoms with Gasteiger partial charge in [-0.25, -0.2) is 0 Å². The Morgan fingerprint density at radius 2 is 1.82 bits per heavy atom. The van der Waals surface area contributed by atoms with E-state index < -0.39 is 0 Å². The summed E-state index contributed by atoms with van der Waals surface area (Å²) in [7, 11) is 0. The van der Waals surface area contributed by atoms with Crippen LogP contribution >= 0.6 is 11.6 Å². The van der Waals surface area contributed by atoms with E-state index in [2.05, 4.69) is 0 Å². The van der Waals surface area contributed by atoms with Crippen molar-refractivity contribution in [2.45, 2.75) is 64.2 Å². The molecule has 0 bridgehead atoms. The Morgan fingerprint density at radius 1 is 1.12 bits per heavy atom. The lowest BCUT2D eigenvalue weighted by atomic mass is 10.0. The minimum atomic E-state index is -0.00533. The van der Waals surface area contributed by atoms with Gasteiger partial charge in [-0.3, -0.25) is 4.79 Å². The monoisotopic (exact) mass is 260 g/mol. The van der Waals surface area contributed by atoms with Crippen molar-refractivity contribution in [2.75, 3.05) is 12.5 Å². The van der Waals surface area contributed by atoms with Gasteiger partial charge in [0.2, 0.25) is 0 Å². The minimum Gasteiger partial charge on any atom is -0.466 e. The number of halogens is 1. The van der Waals surface area contributed by atoms with E-state index in [1.54, 1.807) is 0 Å². The number of unbranched alkanes of at least 4 members (excludes halogenated alkanes) is 3. The summed E-state index contributed by atoms with van der Waals surface area (Å²) in [6.45, 7) is 0.589. The van der Waals surface area contributed by atoms with Crippen LogP contribution in [0.4, 0.5) is 0 Å². The van der Waals surface area contributed by atoms with Gasteiger partial charge >= 0.3 is 5.97 Å². The summed E-state index contributed by atoms with van der Waals surface area (Å²) in [4.78, 5) is 11.4. The predicted molar refractivity (Wildman–Crippen MR) is 71.3 cm³/mol. The van der Waals surface area contributed by atoms with Crippen LogP contribution in [-0.4, -0.2) is 18.5 Å². The Hall–Kier alpha value is -0.240. The van der Waals surface area contributed by atoms with Crippen molar-refractivity contribution in [2.24, 2.45) is 5.92 Å². The van der Waals surface area contributed by atoms with Crippen LogP contribution in [0.25, 0.3) is 0 Å². The average molecular weight is 261 g/mol. The van der Waals surface area contributed by atoms with Crippen molar-refractivity contribution >= 4 is 17.6 Å². The number of esters is 1. The second-order valence-corrected chi connectivity index (χ2v) is 5.39. The van der Waals surface area contributed by atoms with Gasteiger partial charge < -0.3 is 4.74 Å². The van der Waals surface area contributed by atoms with E-state index in [1.807, 2.05) is 0 Å². The number of alkyl halides is 1. The summed E-state index contributed by atoms with van der Waals surface area (Å²) in [5.74, 6) is 1.52. The van der Waals surface area contributed by atoms with Crippen LogP contribution in [0, 0.1) is 5.92 Å². The standard InChI is InChI=1S/C14H25ClO2/c15-11-5-1-2-6-12-17-14(16)10-9-13-7-3-4-8-13/h13H,1-12H2. The third-order valence-corrected chi connectivity index (χ3v) is 3.79. The maximum absolute atomic E-state index is 11.4. The van der Waals surface area contributed by atoms with E-state index in [1.165, 1.54) is 25.7 Å². The molecule has 1 saturated carbocycles. The highest BCUT2D eigenvalue weighted by Gasteiger charge is 2.16. The van der Waals surface area contributed by atoms with Gasteiger partial charge in [0, 0.05) is 12.3 Å². The largest absolute Gasteiger partial charge is 0.466 e. The van der Waals surface area contributed by atoms with Crippen LogP contribution in [0.3, 0.4) is 0 Å². The number of carbonyl (C=O) groups is 1. The molecule has 100 valence electrons. The zero-order valence-electron chi connectivity index (χ0n) is 10.8. The third kappa shape index (κ3) is 7.64. The highest BCUT2D eigenvalue weighted by molar-refractivity contribution is 6.17. The van der Waals surface area contributed by atoms with Gasteiger partial charge in [0.15, 0.2) is 0 Å². The third-order valence-electron chi connectivity index (χ3n) is 3.52. The molecule has 17 heavy (non-hydrogen) atoms. The van der Waals surface area contributed by atoms with E-state index in [4.69, 9.17) is 16.3 Å². The first kappa shape index (κ1) is 14.8. The van der Waals surface area contributed by atoms with Crippen molar-refractivity contribution in [3.63, 3.8) is 0 Å². The van der Waals surface area contributed by atoms with Gasteiger partial charge in [-0.15, -0.1) is 11.6 Å². The maximum Gasteiger partial charge on any atom is 0.305 e. The topological polar surface area (TPSA) is 26.3 Å². The average Bonchev–Trinajstić information content (AvgIpc) is 2.84. The Labute approximate surface area is 110 Å². The summed E-state index contributed by atoms with van der Waals surface area (Å²) < 4.78 is 5.21. The normalized spacial score (nSPS) is 16.3. The van der Waals surface area contributed by atoms with Gasteiger partial charge in [0.05, 0.1) is 6.61 Å². The predicted octanol–water partition coefficient (Wildman–Crippen LogP) is 4.30. The van der Waals surface area contributed by atoms with Crippen LogP contribution in [0.2, 0.25) is 0 Å². The highest BCUT2D eigenvalue weighted by Crippen LogP contribution is 2.28. The number of ether oxygens (including phenoxy) is 1. The highest BCUT2D eigenvalue weighted by atomic mass is 35.5. The molecule has 0 spiro atoms. The molecule has 1 rings (SSSR count). The molecule has 0 saturated heterocycles. The molecular formula is C14H25ClO2. The fourth-order valence-electron chi connectivity index (χ4n) is 2.43. The van der Waals surface area contributed by atoms with Gasteiger partial charge in [-0.05, 0) is 25.2 Å². The van der Waals surface area contributed by atoms with Crippen molar-refractivity contribution in [1.29, 1.82) is 0 Å². The first-order chi connectivity index (χ1) is 8.33. The molecule has 0 atom stereocenters. The first-order valence-electron chi connectivity index (χ1n) is 7.04. The molecule has 0 heterocycles. The molecule has 0 aromatic carbocycles. The fourth-order valence-corrected chi connectivity index (χ4v) is 2.62. The van der Waals surface area contributed by atoms with Crippen LogP contribution < -0.4 is 0 Å². The Kier molecular flexibility index (Phi) is 8.50. The maximum atomic E-state index is 11.4. The molecule has 1 aliphatic carbocycles. The summed E-state index contributed by atoms with van der Waals surface area (Å²) in [6, 6.07) is 0. The molecule has 0 aromatic heterocycles. The zero-order valence-corrected chi connectivity index (χ0v) is 11.5. The molecule has 2 nitrogen and oxygen atoms in total. The van der Waals surface area contributed by atoms with Crippen molar-refractivity contribution in [3.8, 4) is 0 Å². The molecule has 0 radical (unpaired) electrons. The second kappa shape index (κ2) is 9.76. The molecule has 0 aliphatic heterocycles. The van der Waals surface area contributed by atoms with Crippen LogP contribution in [0.5, 0.6) is 0 Å². The molecule has 0 N–H and O–H groups in total. The van der Waals surface area contributed by atoms with Crippen LogP contribution in [-0.2, 0) is 9.53 Å². The molecule has 3 heteroatoms. The smallest absolute Gasteiger partial charge is 0.305 e. The fraction of sp³-hybridized carbons (Fsp3) is 0.929. The summed E-state index contributed by atoms with van der Waals surface area (Å²) in [5.41, 5.74) is 0. The van der Waals surface area contributed by atoms with Crippen molar-refractivity contribution < 1.29 is 9.53 Å². The Morgan fingerprint density at radius 3 is 2.53 bits per heavy atom. The SMILES string of the molecule is O=C(CCC1CCCC1)OCCCCCCCl.